The molecule has 2 aromatic rings. The Labute approximate surface area is 222 Å². The molecule has 37 heavy (non-hydrogen) atoms. The highest BCUT2D eigenvalue weighted by atomic mass is 16.5. The van der Waals surface area contributed by atoms with Gasteiger partial charge in [-0.25, -0.2) is 9.59 Å². The van der Waals surface area contributed by atoms with Gasteiger partial charge in [-0.1, -0.05) is 114 Å². The van der Waals surface area contributed by atoms with Crippen LogP contribution < -0.4 is 4.74 Å². The number of benzene rings is 2. The van der Waals surface area contributed by atoms with E-state index in [-0.39, 0.29) is 11.5 Å². The zero-order valence-electron chi connectivity index (χ0n) is 22.3. The van der Waals surface area contributed by atoms with Gasteiger partial charge in [-0.15, -0.1) is 0 Å². The van der Waals surface area contributed by atoms with Crippen molar-refractivity contribution < 1.29 is 24.2 Å². The van der Waals surface area contributed by atoms with Crippen molar-refractivity contribution in [2.45, 2.75) is 89.9 Å². The molecule has 0 atom stereocenters. The summed E-state index contributed by atoms with van der Waals surface area (Å²) in [6.07, 6.45) is 18.2. The molecule has 0 radical (unpaired) electrons. The maximum absolute atomic E-state index is 11.4. The molecule has 2 aromatic carbocycles. The number of aromatic carboxylic acids is 1. The highest BCUT2D eigenvalue weighted by molar-refractivity contribution is 5.89. The molecule has 0 amide bonds. The summed E-state index contributed by atoms with van der Waals surface area (Å²) >= 11 is 0. The van der Waals surface area contributed by atoms with Crippen LogP contribution in [0.1, 0.15) is 100 Å². The average molecular weight is 509 g/mol. The van der Waals surface area contributed by atoms with E-state index in [1.165, 1.54) is 70.3 Å². The summed E-state index contributed by atoms with van der Waals surface area (Å²) in [7, 11) is 0. The fourth-order valence-corrected chi connectivity index (χ4v) is 4.37. The number of ether oxygens (including phenoxy) is 2. The molecule has 0 aromatic heterocycles. The SMILES string of the molecule is C=CC(=O)OCCCCCCCCCCCCCCCCOc1cc(C(=O)O)ccc1-c1ccccc1. The predicted molar refractivity (Wildman–Crippen MR) is 150 cm³/mol. The monoisotopic (exact) mass is 508 g/mol. The Bertz CT molecular complexity index is 922. The molecule has 0 spiro atoms. The van der Waals surface area contributed by atoms with E-state index in [2.05, 4.69) is 6.58 Å². The molecule has 0 unspecified atom stereocenters. The lowest BCUT2D eigenvalue weighted by atomic mass is 10.0. The van der Waals surface area contributed by atoms with Crippen molar-refractivity contribution in [2.75, 3.05) is 13.2 Å². The number of rotatable bonds is 21. The number of hydrogen-bond donors (Lipinski definition) is 1. The molecule has 0 aliphatic rings. The predicted octanol–water partition coefficient (Wildman–Crippen LogP) is 8.62. The molecule has 0 heterocycles. The van der Waals surface area contributed by atoms with Gasteiger partial charge in [0.2, 0.25) is 0 Å². The maximum atomic E-state index is 11.4. The van der Waals surface area contributed by atoms with Crippen molar-refractivity contribution in [2.24, 2.45) is 0 Å². The second kappa shape index (κ2) is 19.1. The summed E-state index contributed by atoms with van der Waals surface area (Å²) in [6.45, 7) is 4.50. The van der Waals surface area contributed by atoms with Crippen LogP contribution in [0.5, 0.6) is 5.75 Å². The number of hydrogen-bond acceptors (Lipinski definition) is 4. The largest absolute Gasteiger partial charge is 0.493 e. The van der Waals surface area contributed by atoms with Gasteiger partial charge < -0.3 is 14.6 Å². The Kier molecular flexibility index (Phi) is 15.6. The molecular weight excluding hydrogens is 464 g/mol. The van der Waals surface area contributed by atoms with Crippen LogP contribution in [0.3, 0.4) is 0 Å². The van der Waals surface area contributed by atoms with Crippen LogP contribution in [-0.2, 0) is 9.53 Å². The smallest absolute Gasteiger partial charge is 0.335 e. The highest BCUT2D eigenvalue weighted by Gasteiger charge is 2.11. The maximum Gasteiger partial charge on any atom is 0.335 e. The van der Waals surface area contributed by atoms with Gasteiger partial charge in [0.05, 0.1) is 18.8 Å². The summed E-state index contributed by atoms with van der Waals surface area (Å²) in [5.74, 6) is -0.627. The van der Waals surface area contributed by atoms with E-state index < -0.39 is 5.97 Å². The van der Waals surface area contributed by atoms with Crippen LogP contribution in [0.2, 0.25) is 0 Å². The Balaban J connectivity index is 1.46. The van der Waals surface area contributed by atoms with Crippen LogP contribution in [-0.4, -0.2) is 30.3 Å². The van der Waals surface area contributed by atoms with Crippen molar-refractivity contribution in [1.29, 1.82) is 0 Å². The minimum absolute atomic E-state index is 0.249. The molecule has 2 rings (SSSR count). The van der Waals surface area contributed by atoms with Crippen molar-refractivity contribution in [3.05, 3.63) is 66.7 Å². The van der Waals surface area contributed by atoms with Crippen LogP contribution in [0, 0.1) is 0 Å². The van der Waals surface area contributed by atoms with Gasteiger partial charge in [-0.2, -0.15) is 0 Å². The normalized spacial score (nSPS) is 10.7. The third kappa shape index (κ3) is 13.2. The second-order valence-corrected chi connectivity index (χ2v) is 9.55. The van der Waals surface area contributed by atoms with E-state index in [4.69, 9.17) is 9.47 Å². The van der Waals surface area contributed by atoms with Gasteiger partial charge >= 0.3 is 11.9 Å². The molecule has 5 heteroatoms. The third-order valence-corrected chi connectivity index (χ3v) is 6.52. The summed E-state index contributed by atoms with van der Waals surface area (Å²) in [5.41, 5.74) is 2.20. The first-order valence-corrected chi connectivity index (χ1v) is 14.0. The summed E-state index contributed by atoms with van der Waals surface area (Å²) in [6, 6.07) is 15.0. The van der Waals surface area contributed by atoms with E-state index in [1.54, 1.807) is 12.1 Å². The van der Waals surface area contributed by atoms with Crippen molar-refractivity contribution in [3.8, 4) is 16.9 Å². The number of unbranched alkanes of at least 4 members (excludes halogenated alkanes) is 13. The van der Waals surface area contributed by atoms with Crippen molar-refractivity contribution in [3.63, 3.8) is 0 Å². The first-order chi connectivity index (χ1) is 18.1. The van der Waals surface area contributed by atoms with Gasteiger partial charge in [0.25, 0.3) is 0 Å². The fourth-order valence-electron chi connectivity index (χ4n) is 4.37. The van der Waals surface area contributed by atoms with E-state index in [9.17, 15) is 14.7 Å². The molecule has 0 saturated heterocycles. The Hall–Kier alpha value is -3.08. The zero-order chi connectivity index (χ0) is 26.6. The van der Waals surface area contributed by atoms with Gasteiger partial charge in [-0.05, 0) is 36.6 Å². The Morgan fingerprint density at radius 2 is 1.22 bits per heavy atom. The third-order valence-electron chi connectivity index (χ3n) is 6.52. The first-order valence-electron chi connectivity index (χ1n) is 14.0. The second-order valence-electron chi connectivity index (χ2n) is 9.55. The summed E-state index contributed by atoms with van der Waals surface area (Å²) in [4.78, 5) is 22.3. The summed E-state index contributed by atoms with van der Waals surface area (Å²) < 4.78 is 11.0. The van der Waals surface area contributed by atoms with E-state index in [1.807, 2.05) is 36.4 Å². The lowest BCUT2D eigenvalue weighted by Gasteiger charge is -2.13. The zero-order valence-corrected chi connectivity index (χ0v) is 22.3. The number of carboxylic acid groups (broad SMARTS) is 1. The number of esters is 1. The van der Waals surface area contributed by atoms with E-state index >= 15 is 0 Å². The van der Waals surface area contributed by atoms with Crippen LogP contribution in [0.25, 0.3) is 11.1 Å². The van der Waals surface area contributed by atoms with Crippen LogP contribution in [0.15, 0.2) is 61.2 Å². The number of carboxylic acids is 1. The minimum atomic E-state index is -0.940. The van der Waals surface area contributed by atoms with Crippen LogP contribution in [0.4, 0.5) is 0 Å². The lowest BCUT2D eigenvalue weighted by molar-refractivity contribution is -0.137. The molecule has 5 nitrogen and oxygen atoms in total. The Morgan fingerprint density at radius 1 is 0.703 bits per heavy atom. The number of carbonyl (C=O) groups excluding carboxylic acids is 1. The molecule has 0 aliphatic carbocycles. The fraction of sp³-hybridized carbons (Fsp3) is 0.500. The van der Waals surface area contributed by atoms with Gasteiger partial charge in [0.15, 0.2) is 0 Å². The van der Waals surface area contributed by atoms with E-state index in [0.29, 0.717) is 19.0 Å². The topological polar surface area (TPSA) is 72.8 Å². The van der Waals surface area contributed by atoms with Crippen molar-refractivity contribution >= 4 is 11.9 Å². The average Bonchev–Trinajstić information content (AvgIpc) is 2.92. The molecular formula is C32H44O5. The standard InChI is InChI=1S/C32H44O5/c1-2-31(33)37-25-19-14-12-10-8-6-4-3-5-7-9-11-13-18-24-36-30-26-28(32(34)35)22-23-29(30)27-20-16-15-17-21-27/h2,15-17,20-23,26H,1,3-14,18-19,24-25H2,(H,34,35). The highest BCUT2D eigenvalue weighted by Crippen LogP contribution is 2.31. The quantitative estimate of drug-likeness (QED) is 0.104. The minimum Gasteiger partial charge on any atom is -0.493 e. The van der Waals surface area contributed by atoms with E-state index in [0.717, 1.165) is 36.8 Å². The van der Waals surface area contributed by atoms with Gasteiger partial charge in [-0.3, -0.25) is 0 Å². The van der Waals surface area contributed by atoms with Gasteiger partial charge in [0.1, 0.15) is 5.75 Å². The molecule has 0 bridgehead atoms. The molecule has 0 aliphatic heterocycles. The summed E-state index contributed by atoms with van der Waals surface area (Å²) in [5, 5.41) is 9.34. The van der Waals surface area contributed by atoms with Crippen LogP contribution >= 0.6 is 0 Å². The first kappa shape index (κ1) is 30.1. The molecule has 0 saturated carbocycles. The van der Waals surface area contributed by atoms with Gasteiger partial charge in [0, 0.05) is 11.6 Å². The van der Waals surface area contributed by atoms with Crippen molar-refractivity contribution in [1.82, 2.24) is 0 Å². The number of carbonyl (C=O) groups is 2. The Morgan fingerprint density at radius 3 is 1.73 bits per heavy atom. The lowest BCUT2D eigenvalue weighted by Crippen LogP contribution is -2.02. The molecule has 202 valence electrons. The molecule has 0 fully saturated rings. The molecule has 1 N–H and O–H groups in total.